The highest BCUT2D eigenvalue weighted by Crippen LogP contribution is 2.32. The maximum atomic E-state index is 12.4. The summed E-state index contributed by atoms with van der Waals surface area (Å²) >= 11 is 6.25. The lowest BCUT2D eigenvalue weighted by molar-refractivity contribution is 0.0773. The highest BCUT2D eigenvalue weighted by Gasteiger charge is 2.18. The van der Waals surface area contributed by atoms with Crippen LogP contribution >= 0.6 is 11.6 Å². The van der Waals surface area contributed by atoms with E-state index in [1.54, 1.807) is 41.3 Å². The fourth-order valence-corrected chi connectivity index (χ4v) is 2.95. The molecule has 0 fully saturated rings. The zero-order valence-electron chi connectivity index (χ0n) is 14.5. The molecule has 0 saturated heterocycles. The monoisotopic (exact) mass is 374 g/mol. The van der Waals surface area contributed by atoms with Crippen LogP contribution in [0.4, 0.5) is 5.69 Å². The van der Waals surface area contributed by atoms with E-state index < -0.39 is 0 Å². The Morgan fingerprint density at radius 2 is 1.81 bits per heavy atom. The number of carbonyl (C=O) groups is 2. The molecule has 0 bridgehead atoms. The number of amides is 2. The van der Waals surface area contributed by atoms with E-state index in [0.29, 0.717) is 46.4 Å². The Kier molecular flexibility index (Phi) is 5.32. The second-order valence-electron chi connectivity index (χ2n) is 5.69. The second kappa shape index (κ2) is 7.66. The first kappa shape index (κ1) is 18.1. The molecular formula is C19H19ClN2O4. The molecule has 2 aromatic rings. The van der Waals surface area contributed by atoms with Crippen LogP contribution in [0.3, 0.4) is 0 Å². The predicted molar refractivity (Wildman–Crippen MR) is 99.2 cm³/mol. The van der Waals surface area contributed by atoms with Crippen LogP contribution in [-0.4, -0.2) is 36.6 Å². The van der Waals surface area contributed by atoms with Crippen LogP contribution in [0.25, 0.3) is 0 Å². The summed E-state index contributed by atoms with van der Waals surface area (Å²) in [7, 11) is 0. The zero-order chi connectivity index (χ0) is 18.7. The first-order valence-corrected chi connectivity index (χ1v) is 8.71. The number of nitrogens with one attached hydrogen (secondary N) is 1. The molecule has 0 unspecified atom stereocenters. The maximum absolute atomic E-state index is 12.4. The number of hydrogen-bond donors (Lipinski definition) is 1. The molecule has 0 radical (unpaired) electrons. The third-order valence-electron chi connectivity index (χ3n) is 4.14. The summed E-state index contributed by atoms with van der Waals surface area (Å²) in [6, 6.07) is 9.82. The lowest BCUT2D eigenvalue weighted by atomic mass is 10.1. The van der Waals surface area contributed by atoms with Gasteiger partial charge in [-0.25, -0.2) is 0 Å². The SMILES string of the molecule is CCN(CC)C(=O)c1ccc(NC(=O)c2ccc3c(c2)OCO3)cc1Cl. The van der Waals surface area contributed by atoms with Crippen molar-refractivity contribution in [1.29, 1.82) is 0 Å². The molecule has 2 amide bonds. The number of halogens is 1. The molecule has 1 aliphatic heterocycles. The van der Waals surface area contributed by atoms with Crippen molar-refractivity contribution in [2.75, 3.05) is 25.2 Å². The lowest BCUT2D eigenvalue weighted by Gasteiger charge is -2.19. The van der Waals surface area contributed by atoms with Crippen LogP contribution in [0.2, 0.25) is 5.02 Å². The number of nitrogens with zero attached hydrogens (tertiary/aromatic N) is 1. The smallest absolute Gasteiger partial charge is 0.255 e. The summed E-state index contributed by atoms with van der Waals surface area (Å²) < 4.78 is 10.5. The quantitative estimate of drug-likeness (QED) is 0.864. The van der Waals surface area contributed by atoms with Crippen molar-refractivity contribution in [3.63, 3.8) is 0 Å². The van der Waals surface area contributed by atoms with Crippen molar-refractivity contribution in [3.05, 3.63) is 52.5 Å². The molecule has 136 valence electrons. The fourth-order valence-electron chi connectivity index (χ4n) is 2.69. The van der Waals surface area contributed by atoms with Crippen molar-refractivity contribution >= 4 is 29.1 Å². The topological polar surface area (TPSA) is 67.9 Å². The minimum atomic E-state index is -0.304. The Morgan fingerprint density at radius 1 is 1.08 bits per heavy atom. The highest BCUT2D eigenvalue weighted by atomic mass is 35.5. The maximum Gasteiger partial charge on any atom is 0.255 e. The molecule has 6 nitrogen and oxygen atoms in total. The third kappa shape index (κ3) is 3.60. The summed E-state index contributed by atoms with van der Waals surface area (Å²) in [5, 5.41) is 3.07. The molecule has 1 N–H and O–H groups in total. The zero-order valence-corrected chi connectivity index (χ0v) is 15.3. The third-order valence-corrected chi connectivity index (χ3v) is 4.46. The van der Waals surface area contributed by atoms with Crippen LogP contribution in [0.1, 0.15) is 34.6 Å². The average Bonchev–Trinajstić information content (AvgIpc) is 3.10. The second-order valence-corrected chi connectivity index (χ2v) is 6.10. The van der Waals surface area contributed by atoms with E-state index >= 15 is 0 Å². The number of carbonyl (C=O) groups excluding carboxylic acids is 2. The standard InChI is InChI=1S/C19H19ClN2O4/c1-3-22(4-2)19(24)14-7-6-13(10-15(14)20)21-18(23)12-5-8-16-17(9-12)26-11-25-16/h5-10H,3-4,11H2,1-2H3,(H,21,23). The van der Waals surface area contributed by atoms with Gasteiger partial charge in [-0.1, -0.05) is 11.6 Å². The largest absolute Gasteiger partial charge is 0.454 e. The van der Waals surface area contributed by atoms with Crippen molar-refractivity contribution in [1.82, 2.24) is 4.90 Å². The molecule has 0 atom stereocenters. The van der Waals surface area contributed by atoms with Gasteiger partial charge < -0.3 is 19.7 Å². The van der Waals surface area contributed by atoms with Gasteiger partial charge in [-0.15, -0.1) is 0 Å². The van der Waals surface area contributed by atoms with Crippen molar-refractivity contribution in [2.24, 2.45) is 0 Å². The summed E-state index contributed by atoms with van der Waals surface area (Å²) in [5.74, 6) is 0.718. The number of benzene rings is 2. The number of hydrogen-bond acceptors (Lipinski definition) is 4. The average molecular weight is 375 g/mol. The predicted octanol–water partition coefficient (Wildman–Crippen LogP) is 3.80. The van der Waals surface area contributed by atoms with Crippen LogP contribution in [0.15, 0.2) is 36.4 Å². The van der Waals surface area contributed by atoms with Gasteiger partial charge in [-0.05, 0) is 50.2 Å². The Bertz CT molecular complexity index is 849. The van der Waals surface area contributed by atoms with Crippen LogP contribution in [0.5, 0.6) is 11.5 Å². The van der Waals surface area contributed by atoms with Gasteiger partial charge >= 0.3 is 0 Å². The Labute approximate surface area is 156 Å². The van der Waals surface area contributed by atoms with Gasteiger partial charge in [0.2, 0.25) is 6.79 Å². The van der Waals surface area contributed by atoms with E-state index in [4.69, 9.17) is 21.1 Å². The van der Waals surface area contributed by atoms with Gasteiger partial charge in [0.15, 0.2) is 11.5 Å². The minimum Gasteiger partial charge on any atom is -0.454 e. The first-order valence-electron chi connectivity index (χ1n) is 8.33. The van der Waals surface area contributed by atoms with Crippen molar-refractivity contribution in [2.45, 2.75) is 13.8 Å². The highest BCUT2D eigenvalue weighted by molar-refractivity contribution is 6.34. The molecule has 7 heteroatoms. The molecule has 1 aliphatic rings. The normalized spacial score (nSPS) is 12.0. The van der Waals surface area contributed by atoms with Gasteiger partial charge in [-0.2, -0.15) is 0 Å². The lowest BCUT2D eigenvalue weighted by Crippen LogP contribution is -2.30. The van der Waals surface area contributed by atoms with Crippen LogP contribution < -0.4 is 14.8 Å². The minimum absolute atomic E-state index is 0.131. The van der Waals surface area contributed by atoms with Crippen LogP contribution in [-0.2, 0) is 0 Å². The number of rotatable bonds is 5. The van der Waals surface area contributed by atoms with E-state index in [9.17, 15) is 9.59 Å². The first-order chi connectivity index (χ1) is 12.5. The molecule has 3 rings (SSSR count). The van der Waals surface area contributed by atoms with Gasteiger partial charge in [0.05, 0.1) is 10.6 Å². The van der Waals surface area contributed by atoms with Gasteiger partial charge in [0, 0.05) is 24.3 Å². The molecule has 0 aromatic heterocycles. The number of fused-ring (bicyclic) bond motifs is 1. The van der Waals surface area contributed by atoms with Gasteiger partial charge in [-0.3, -0.25) is 9.59 Å². The molecule has 0 saturated carbocycles. The number of ether oxygens (including phenoxy) is 2. The summed E-state index contributed by atoms with van der Waals surface area (Å²) in [4.78, 5) is 26.5. The molecule has 2 aromatic carbocycles. The molecule has 1 heterocycles. The summed E-state index contributed by atoms with van der Waals surface area (Å²) in [6.07, 6.45) is 0. The number of anilines is 1. The molecule has 0 spiro atoms. The Balaban J connectivity index is 1.75. The van der Waals surface area contributed by atoms with Gasteiger partial charge in [0.25, 0.3) is 11.8 Å². The summed E-state index contributed by atoms with van der Waals surface area (Å²) in [6.45, 7) is 5.19. The van der Waals surface area contributed by atoms with E-state index in [2.05, 4.69) is 5.32 Å². The molecular weight excluding hydrogens is 356 g/mol. The fraction of sp³-hybridized carbons (Fsp3) is 0.263. The molecule has 26 heavy (non-hydrogen) atoms. The van der Waals surface area contributed by atoms with Gasteiger partial charge in [0.1, 0.15) is 0 Å². The van der Waals surface area contributed by atoms with Crippen LogP contribution in [0, 0.1) is 0 Å². The Hall–Kier alpha value is -2.73. The van der Waals surface area contributed by atoms with E-state index in [0.717, 1.165) is 0 Å². The van der Waals surface area contributed by atoms with E-state index in [-0.39, 0.29) is 18.6 Å². The Morgan fingerprint density at radius 3 is 2.50 bits per heavy atom. The summed E-state index contributed by atoms with van der Waals surface area (Å²) in [5.41, 5.74) is 1.36. The van der Waals surface area contributed by atoms with Crippen molar-refractivity contribution in [3.8, 4) is 11.5 Å². The van der Waals surface area contributed by atoms with E-state index in [1.807, 2.05) is 13.8 Å². The van der Waals surface area contributed by atoms with E-state index in [1.165, 1.54) is 0 Å². The molecule has 0 aliphatic carbocycles. The van der Waals surface area contributed by atoms with Crippen molar-refractivity contribution < 1.29 is 19.1 Å².